The van der Waals surface area contributed by atoms with Crippen molar-refractivity contribution in [2.45, 2.75) is 6.42 Å². The number of rotatable bonds is 3. The molecule has 260 valence electrons. The Kier molecular flexibility index (Phi) is 6.69. The minimum absolute atomic E-state index is 0.689. The van der Waals surface area contributed by atoms with Crippen LogP contribution in [0.5, 0.6) is 0 Å². The average Bonchev–Trinajstić information content (AvgIpc) is 3.58. The molecule has 0 aliphatic carbocycles. The van der Waals surface area contributed by atoms with E-state index in [0.717, 1.165) is 45.2 Å². The van der Waals surface area contributed by atoms with E-state index in [9.17, 15) is 0 Å². The lowest BCUT2D eigenvalue weighted by molar-refractivity contribution is 1.09. The summed E-state index contributed by atoms with van der Waals surface area (Å²) in [6.45, 7) is 0. The summed E-state index contributed by atoms with van der Waals surface area (Å²) >= 11 is 0. The molecule has 2 aromatic heterocycles. The number of hydrogen-bond donors (Lipinski definition) is 0. The minimum Gasteiger partial charge on any atom is -0.308 e. The van der Waals surface area contributed by atoms with Crippen LogP contribution in [-0.2, 0) is 6.42 Å². The van der Waals surface area contributed by atoms with Gasteiger partial charge in [0.2, 0.25) is 0 Å². The van der Waals surface area contributed by atoms with Crippen molar-refractivity contribution >= 4 is 54.1 Å². The van der Waals surface area contributed by atoms with Gasteiger partial charge < -0.3 is 4.57 Å². The van der Waals surface area contributed by atoms with Gasteiger partial charge in [0.1, 0.15) is 0 Å². The molecule has 0 fully saturated rings. The van der Waals surface area contributed by atoms with Crippen LogP contribution in [0.25, 0.3) is 105 Å². The topological polar surface area (TPSA) is 30.7 Å². The molecule has 0 saturated heterocycles. The summed E-state index contributed by atoms with van der Waals surface area (Å²) in [5.74, 6) is 0.718. The zero-order valence-corrected chi connectivity index (χ0v) is 30.4. The SMILES string of the molecule is c1ccc(-c2ccc(-c3nc(-c4ccc5ccccc5c4)nc4c3Cc3ccc5c6cc7ccccc7cc6n(c5c3)-c3c-4ccc4ccccc34)cc2)cc1. The summed E-state index contributed by atoms with van der Waals surface area (Å²) in [6, 6.07) is 68.4. The van der Waals surface area contributed by atoms with Crippen LogP contribution in [0.3, 0.4) is 0 Å². The lowest BCUT2D eigenvalue weighted by Crippen LogP contribution is -2.06. The van der Waals surface area contributed by atoms with Gasteiger partial charge in [-0.1, -0.05) is 164 Å². The fourth-order valence-electron chi connectivity index (χ4n) is 9.01. The van der Waals surface area contributed by atoms with Crippen LogP contribution in [0.4, 0.5) is 0 Å². The number of benzene rings is 9. The van der Waals surface area contributed by atoms with Crippen LogP contribution in [0.1, 0.15) is 11.1 Å². The van der Waals surface area contributed by atoms with Crippen LogP contribution in [0, 0.1) is 0 Å². The molecule has 0 atom stereocenters. The molecule has 11 aromatic rings. The fraction of sp³-hybridized carbons (Fsp3) is 0.0189. The summed E-state index contributed by atoms with van der Waals surface area (Å²) in [6.07, 6.45) is 0.689. The average molecular weight is 712 g/mol. The van der Waals surface area contributed by atoms with Gasteiger partial charge in [0.05, 0.1) is 28.1 Å². The highest BCUT2D eigenvalue weighted by atomic mass is 15.0. The van der Waals surface area contributed by atoms with Gasteiger partial charge in [0, 0.05) is 44.8 Å². The van der Waals surface area contributed by atoms with E-state index in [-0.39, 0.29) is 0 Å². The highest BCUT2D eigenvalue weighted by Crippen LogP contribution is 2.45. The third kappa shape index (κ3) is 4.77. The molecule has 0 N–H and O–H groups in total. The number of fused-ring (bicyclic) bond motifs is 12. The first-order valence-electron chi connectivity index (χ1n) is 19.3. The molecule has 1 aliphatic heterocycles. The van der Waals surface area contributed by atoms with Crippen molar-refractivity contribution in [3.8, 4) is 50.7 Å². The van der Waals surface area contributed by atoms with E-state index >= 15 is 0 Å². The zero-order valence-electron chi connectivity index (χ0n) is 30.4. The van der Waals surface area contributed by atoms with Crippen molar-refractivity contribution in [3.63, 3.8) is 0 Å². The number of aromatic nitrogens is 3. The van der Waals surface area contributed by atoms with E-state index in [1.807, 2.05) is 0 Å². The van der Waals surface area contributed by atoms with Gasteiger partial charge in [0.25, 0.3) is 0 Å². The largest absolute Gasteiger partial charge is 0.308 e. The monoisotopic (exact) mass is 711 g/mol. The van der Waals surface area contributed by atoms with E-state index in [0.29, 0.717) is 6.42 Å². The first-order valence-corrected chi connectivity index (χ1v) is 19.3. The Balaban J connectivity index is 1.20. The van der Waals surface area contributed by atoms with Crippen LogP contribution in [0.2, 0.25) is 0 Å². The normalized spacial score (nSPS) is 12.2. The maximum Gasteiger partial charge on any atom is 0.160 e. The lowest BCUT2D eigenvalue weighted by atomic mass is 9.92. The molecule has 3 nitrogen and oxygen atoms in total. The Morgan fingerprint density at radius 3 is 1.80 bits per heavy atom. The highest BCUT2D eigenvalue weighted by molar-refractivity contribution is 6.16. The molecule has 0 amide bonds. The van der Waals surface area contributed by atoms with Gasteiger partial charge in [-0.15, -0.1) is 0 Å². The Morgan fingerprint density at radius 2 is 0.982 bits per heavy atom. The number of hydrogen-bond acceptors (Lipinski definition) is 2. The van der Waals surface area contributed by atoms with Crippen molar-refractivity contribution in [2.75, 3.05) is 0 Å². The highest BCUT2D eigenvalue weighted by Gasteiger charge is 2.26. The molecule has 0 saturated carbocycles. The predicted molar refractivity (Wildman–Crippen MR) is 233 cm³/mol. The summed E-state index contributed by atoms with van der Waals surface area (Å²) in [4.78, 5) is 11.1. The summed E-state index contributed by atoms with van der Waals surface area (Å²) < 4.78 is 2.51. The van der Waals surface area contributed by atoms with Crippen LogP contribution in [-0.4, -0.2) is 14.5 Å². The molecule has 56 heavy (non-hydrogen) atoms. The molecule has 1 aliphatic rings. The molecule has 12 rings (SSSR count). The second kappa shape index (κ2) is 12.1. The van der Waals surface area contributed by atoms with Crippen molar-refractivity contribution in [1.29, 1.82) is 0 Å². The summed E-state index contributed by atoms with van der Waals surface area (Å²) in [7, 11) is 0. The molecule has 0 unspecified atom stereocenters. The maximum absolute atomic E-state index is 5.63. The summed E-state index contributed by atoms with van der Waals surface area (Å²) in [5.41, 5.74) is 13.4. The Labute approximate surface area is 323 Å². The quantitative estimate of drug-likeness (QED) is 0.183. The Hall–Kier alpha value is -7.36. The van der Waals surface area contributed by atoms with Gasteiger partial charge in [-0.05, 0) is 67.9 Å². The van der Waals surface area contributed by atoms with E-state index < -0.39 is 0 Å². The van der Waals surface area contributed by atoms with Crippen molar-refractivity contribution in [2.24, 2.45) is 0 Å². The third-order valence-electron chi connectivity index (χ3n) is 11.7. The molecular formula is C53H33N3. The van der Waals surface area contributed by atoms with E-state index in [1.165, 1.54) is 70.8 Å². The van der Waals surface area contributed by atoms with Gasteiger partial charge in [-0.3, -0.25) is 0 Å². The standard InChI is InChI=1S/C53H33N3/c1-2-10-34(11-3-1)36-19-22-38(23-20-36)50-47-28-33-18-26-44-46-31-40-15-6-7-16-41(40)32-49(46)56(48(44)29-33)52-43-17-9-8-13-37(43)25-27-45(52)51(47)55-53(54-50)42-24-21-35-12-4-5-14-39(35)30-42/h1-27,29-32H,28H2. The number of nitrogens with zero attached hydrogens (tertiary/aromatic N) is 3. The van der Waals surface area contributed by atoms with Gasteiger partial charge in [0.15, 0.2) is 5.82 Å². The second-order valence-corrected chi connectivity index (χ2v) is 15.0. The molecule has 2 bridgehead atoms. The smallest absolute Gasteiger partial charge is 0.160 e. The predicted octanol–water partition coefficient (Wildman–Crippen LogP) is 13.6. The maximum atomic E-state index is 5.63. The van der Waals surface area contributed by atoms with Gasteiger partial charge >= 0.3 is 0 Å². The third-order valence-corrected chi connectivity index (χ3v) is 11.7. The zero-order chi connectivity index (χ0) is 36.7. The Morgan fingerprint density at radius 1 is 0.375 bits per heavy atom. The van der Waals surface area contributed by atoms with Crippen molar-refractivity contribution in [3.05, 3.63) is 199 Å². The van der Waals surface area contributed by atoms with E-state index in [4.69, 9.17) is 9.97 Å². The van der Waals surface area contributed by atoms with Crippen molar-refractivity contribution in [1.82, 2.24) is 14.5 Å². The van der Waals surface area contributed by atoms with Gasteiger partial charge in [-0.2, -0.15) is 0 Å². The molecule has 3 heterocycles. The van der Waals surface area contributed by atoms with Crippen LogP contribution < -0.4 is 0 Å². The van der Waals surface area contributed by atoms with Crippen LogP contribution in [0.15, 0.2) is 188 Å². The molecular weight excluding hydrogens is 679 g/mol. The van der Waals surface area contributed by atoms with E-state index in [2.05, 4.69) is 193 Å². The molecule has 9 aromatic carbocycles. The van der Waals surface area contributed by atoms with Gasteiger partial charge in [-0.25, -0.2) is 9.97 Å². The first kappa shape index (κ1) is 31.0. The molecule has 0 radical (unpaired) electrons. The minimum atomic E-state index is 0.689. The van der Waals surface area contributed by atoms with Crippen LogP contribution >= 0.6 is 0 Å². The summed E-state index contributed by atoms with van der Waals surface area (Å²) in [5, 5.41) is 9.72. The molecule has 0 spiro atoms. The molecule has 3 heteroatoms. The second-order valence-electron chi connectivity index (χ2n) is 15.0. The Bertz CT molecular complexity index is 3380. The lowest BCUT2D eigenvalue weighted by Gasteiger charge is -2.20. The fourth-order valence-corrected chi connectivity index (χ4v) is 9.01. The van der Waals surface area contributed by atoms with Crippen molar-refractivity contribution < 1.29 is 0 Å². The van der Waals surface area contributed by atoms with E-state index in [1.54, 1.807) is 0 Å². The first-order chi connectivity index (χ1) is 27.7.